The minimum atomic E-state index is -0.169. The summed E-state index contributed by atoms with van der Waals surface area (Å²) in [7, 11) is 0. The normalized spacial score (nSPS) is 14.9. The first-order valence-electron chi connectivity index (χ1n) is 12.3. The van der Waals surface area contributed by atoms with Gasteiger partial charge in [0.15, 0.2) is 0 Å². The number of piperazine rings is 1. The van der Waals surface area contributed by atoms with Gasteiger partial charge in [-0.25, -0.2) is 4.98 Å². The second kappa shape index (κ2) is 9.59. The molecule has 8 heteroatoms. The third kappa shape index (κ3) is 5.10. The topological polar surface area (TPSA) is 70.8 Å². The number of rotatable bonds is 4. The standard InChI is InChI=1S/C28H31N5O2S/c1-19-6-5-7-21(16-19)25-30-33-24(34)17-23(29-27(33)36-25)18-31-12-14-32(15-13-31)26(35)20-8-10-22(11-9-20)28(2,3)4/h5-11,16-17H,12-15,18H2,1-4H3. The smallest absolute Gasteiger partial charge is 0.275 e. The fourth-order valence-corrected chi connectivity index (χ4v) is 5.39. The van der Waals surface area contributed by atoms with Crippen molar-refractivity contribution in [1.82, 2.24) is 24.4 Å². The van der Waals surface area contributed by atoms with Crippen molar-refractivity contribution < 1.29 is 4.79 Å². The maximum atomic E-state index is 13.0. The minimum Gasteiger partial charge on any atom is -0.336 e. The highest BCUT2D eigenvalue weighted by Gasteiger charge is 2.23. The molecule has 3 heterocycles. The Labute approximate surface area is 215 Å². The van der Waals surface area contributed by atoms with Gasteiger partial charge >= 0.3 is 0 Å². The molecule has 0 bridgehead atoms. The molecule has 0 N–H and O–H groups in total. The molecule has 2 aromatic carbocycles. The molecule has 0 unspecified atom stereocenters. The number of carbonyl (C=O) groups excluding carboxylic acids is 1. The molecule has 0 radical (unpaired) electrons. The summed E-state index contributed by atoms with van der Waals surface area (Å²) in [6.07, 6.45) is 0. The van der Waals surface area contributed by atoms with Gasteiger partial charge in [0.2, 0.25) is 4.96 Å². The second-order valence-corrected chi connectivity index (χ2v) is 11.4. The number of carbonyl (C=O) groups is 1. The van der Waals surface area contributed by atoms with Crippen LogP contribution in [-0.4, -0.2) is 56.5 Å². The Hall–Kier alpha value is -3.36. The van der Waals surface area contributed by atoms with Crippen LogP contribution < -0.4 is 5.56 Å². The number of hydrogen-bond donors (Lipinski definition) is 0. The zero-order valence-electron chi connectivity index (χ0n) is 21.2. The van der Waals surface area contributed by atoms with Crippen LogP contribution in [0.5, 0.6) is 0 Å². The number of hydrogen-bond acceptors (Lipinski definition) is 6. The molecule has 4 aromatic rings. The Morgan fingerprint density at radius 3 is 2.39 bits per heavy atom. The quantitative estimate of drug-likeness (QED) is 0.415. The summed E-state index contributed by atoms with van der Waals surface area (Å²) in [4.78, 5) is 35.2. The van der Waals surface area contributed by atoms with Crippen LogP contribution in [0, 0.1) is 6.92 Å². The van der Waals surface area contributed by atoms with E-state index in [1.54, 1.807) is 6.07 Å². The first-order valence-corrected chi connectivity index (χ1v) is 13.1. The molecule has 36 heavy (non-hydrogen) atoms. The molecule has 2 aromatic heterocycles. The molecule has 7 nitrogen and oxygen atoms in total. The van der Waals surface area contributed by atoms with Crippen molar-refractivity contribution in [2.45, 2.75) is 39.7 Å². The third-order valence-electron chi connectivity index (χ3n) is 6.61. The Morgan fingerprint density at radius 1 is 1.00 bits per heavy atom. The number of aryl methyl sites for hydroxylation is 1. The van der Waals surface area contributed by atoms with Gasteiger partial charge in [-0.15, -0.1) is 0 Å². The maximum absolute atomic E-state index is 13.0. The number of amides is 1. The molecular formula is C28H31N5O2S. The molecule has 5 rings (SSSR count). The number of aromatic nitrogens is 3. The number of fused-ring (bicyclic) bond motifs is 1. The average molecular weight is 502 g/mol. The van der Waals surface area contributed by atoms with Crippen molar-refractivity contribution in [1.29, 1.82) is 0 Å². The molecule has 1 aliphatic rings. The predicted molar refractivity (Wildman–Crippen MR) is 144 cm³/mol. The molecule has 1 fully saturated rings. The third-order valence-corrected chi connectivity index (χ3v) is 7.56. The van der Waals surface area contributed by atoms with Gasteiger partial charge in [-0.3, -0.25) is 14.5 Å². The van der Waals surface area contributed by atoms with E-state index in [-0.39, 0.29) is 16.9 Å². The van der Waals surface area contributed by atoms with Crippen molar-refractivity contribution in [3.8, 4) is 10.6 Å². The fourth-order valence-electron chi connectivity index (χ4n) is 4.47. The largest absolute Gasteiger partial charge is 0.336 e. The van der Waals surface area contributed by atoms with Gasteiger partial charge in [0.1, 0.15) is 5.01 Å². The first kappa shape index (κ1) is 24.3. The summed E-state index contributed by atoms with van der Waals surface area (Å²) in [5.41, 5.74) is 4.71. The molecule has 0 aliphatic carbocycles. The van der Waals surface area contributed by atoms with Gasteiger partial charge in [-0.05, 0) is 36.1 Å². The van der Waals surface area contributed by atoms with Crippen molar-refractivity contribution >= 4 is 22.2 Å². The Morgan fingerprint density at radius 2 is 1.72 bits per heavy atom. The summed E-state index contributed by atoms with van der Waals surface area (Å²) < 4.78 is 1.38. The molecule has 0 atom stereocenters. The SMILES string of the molecule is Cc1cccc(-c2nn3c(=O)cc(CN4CCN(C(=O)c5ccc(C(C)(C)C)cc5)CC4)nc3s2)c1. The summed E-state index contributed by atoms with van der Waals surface area (Å²) in [5, 5.41) is 5.27. The Kier molecular flexibility index (Phi) is 6.49. The first-order chi connectivity index (χ1) is 17.2. The highest BCUT2D eigenvalue weighted by Crippen LogP contribution is 2.25. The lowest BCUT2D eigenvalue weighted by Crippen LogP contribution is -2.48. The molecule has 0 saturated carbocycles. The molecule has 0 spiro atoms. The minimum absolute atomic E-state index is 0.0635. The zero-order chi connectivity index (χ0) is 25.4. The Balaban J connectivity index is 1.24. The van der Waals surface area contributed by atoms with Crippen molar-refractivity contribution in [3.63, 3.8) is 0 Å². The lowest BCUT2D eigenvalue weighted by atomic mass is 9.86. The summed E-state index contributed by atoms with van der Waals surface area (Å²) >= 11 is 1.42. The van der Waals surface area contributed by atoms with E-state index in [2.05, 4.69) is 36.8 Å². The Bertz CT molecular complexity index is 1460. The van der Waals surface area contributed by atoms with Crippen LogP contribution >= 0.6 is 11.3 Å². The van der Waals surface area contributed by atoms with Gasteiger partial charge in [0, 0.05) is 49.9 Å². The predicted octanol–water partition coefficient (Wildman–Crippen LogP) is 4.38. The van der Waals surface area contributed by atoms with Crippen molar-refractivity contribution in [2.24, 2.45) is 0 Å². The summed E-state index contributed by atoms with van der Waals surface area (Å²) in [6.45, 7) is 11.9. The van der Waals surface area contributed by atoms with E-state index in [0.29, 0.717) is 24.6 Å². The van der Waals surface area contributed by atoms with Crippen LogP contribution in [-0.2, 0) is 12.0 Å². The van der Waals surface area contributed by atoms with E-state index in [1.807, 2.05) is 54.3 Å². The van der Waals surface area contributed by atoms with Crippen molar-refractivity contribution in [3.05, 3.63) is 87.3 Å². The zero-order valence-corrected chi connectivity index (χ0v) is 22.0. The molecule has 1 aliphatic heterocycles. The summed E-state index contributed by atoms with van der Waals surface area (Å²) in [5.74, 6) is 0.0706. The van der Waals surface area contributed by atoms with Crippen LogP contribution in [0.25, 0.3) is 15.5 Å². The van der Waals surface area contributed by atoms with Gasteiger partial charge in [-0.1, -0.05) is 68.0 Å². The molecule has 1 amide bonds. The van der Waals surface area contributed by atoms with Crippen LogP contribution in [0.2, 0.25) is 0 Å². The van der Waals surface area contributed by atoms with E-state index >= 15 is 0 Å². The van der Waals surface area contributed by atoms with Gasteiger partial charge in [0.05, 0.1) is 5.69 Å². The van der Waals surface area contributed by atoms with E-state index in [4.69, 9.17) is 4.98 Å². The lowest BCUT2D eigenvalue weighted by molar-refractivity contribution is 0.0627. The molecular weight excluding hydrogens is 470 g/mol. The van der Waals surface area contributed by atoms with Gasteiger partial charge < -0.3 is 4.90 Å². The van der Waals surface area contributed by atoms with E-state index in [9.17, 15) is 9.59 Å². The number of nitrogens with zero attached hydrogens (tertiary/aromatic N) is 5. The second-order valence-electron chi connectivity index (χ2n) is 10.5. The monoisotopic (exact) mass is 501 g/mol. The molecule has 1 saturated heterocycles. The highest BCUT2D eigenvalue weighted by molar-refractivity contribution is 7.19. The van der Waals surface area contributed by atoms with E-state index < -0.39 is 0 Å². The maximum Gasteiger partial charge on any atom is 0.275 e. The van der Waals surface area contributed by atoms with Crippen LogP contribution in [0.15, 0.2) is 59.4 Å². The van der Waals surface area contributed by atoms with E-state index in [1.165, 1.54) is 21.4 Å². The summed E-state index contributed by atoms with van der Waals surface area (Å²) in [6, 6.07) is 17.6. The number of benzene rings is 2. The van der Waals surface area contributed by atoms with Crippen molar-refractivity contribution in [2.75, 3.05) is 26.2 Å². The van der Waals surface area contributed by atoms with E-state index in [0.717, 1.165) is 40.5 Å². The highest BCUT2D eigenvalue weighted by atomic mass is 32.1. The molecule has 186 valence electrons. The van der Waals surface area contributed by atoms with Gasteiger partial charge in [0.25, 0.3) is 11.5 Å². The average Bonchev–Trinajstić information content (AvgIpc) is 3.29. The lowest BCUT2D eigenvalue weighted by Gasteiger charge is -2.34. The van der Waals surface area contributed by atoms with Crippen LogP contribution in [0.1, 0.15) is 48.0 Å². The van der Waals surface area contributed by atoms with Crippen LogP contribution in [0.3, 0.4) is 0 Å². The fraction of sp³-hybridized carbons (Fsp3) is 0.357. The van der Waals surface area contributed by atoms with Crippen LogP contribution in [0.4, 0.5) is 0 Å². The van der Waals surface area contributed by atoms with Gasteiger partial charge in [-0.2, -0.15) is 9.61 Å².